The molecular formula is C115H61Br13O6. The van der Waals surface area contributed by atoms with Crippen molar-refractivity contribution in [3.05, 3.63) is 477 Å². The van der Waals surface area contributed by atoms with Gasteiger partial charge in [0, 0.05) is 139 Å². The molecule has 24 rings (SSSR count). The zero-order chi connectivity index (χ0) is 93.3. The Balaban J connectivity index is 0.000000103. The maximum atomic E-state index is 13.3. The molecule has 6 nitrogen and oxygen atoms in total. The van der Waals surface area contributed by atoms with Gasteiger partial charge in [-0.2, -0.15) is 0 Å². The summed E-state index contributed by atoms with van der Waals surface area (Å²) >= 11 is 46.1. The van der Waals surface area contributed by atoms with Crippen LogP contribution in [0.1, 0.15) is 5.56 Å². The van der Waals surface area contributed by atoms with Crippen molar-refractivity contribution >= 4 is 401 Å². The van der Waals surface area contributed by atoms with Crippen LogP contribution in [0.25, 0.3) is 194 Å². The molecule has 0 saturated carbocycles. The third-order valence-electron chi connectivity index (χ3n) is 24.2. The molecule has 24 aromatic rings. The van der Waals surface area contributed by atoms with Crippen LogP contribution in [0.3, 0.4) is 0 Å². The topological polar surface area (TPSA) is 102 Å². The molecule has 0 heterocycles. The maximum Gasteiger partial charge on any atom is 0.194 e. The van der Waals surface area contributed by atoms with E-state index < -0.39 is 0 Å². The predicted octanol–water partition coefficient (Wildman–Crippen LogP) is 37.3. The van der Waals surface area contributed by atoms with Crippen molar-refractivity contribution in [3.8, 4) is 0 Å². The molecule has 0 N–H and O–H groups in total. The second-order valence-corrected chi connectivity index (χ2v) is 43.4. The summed E-state index contributed by atoms with van der Waals surface area (Å²) in [6.07, 6.45) is 0. The second kappa shape index (κ2) is 39.4. The minimum atomic E-state index is 0.0256. The van der Waals surface area contributed by atoms with Gasteiger partial charge in [-0.1, -0.05) is 362 Å². The number of fused-ring (bicyclic) bond motifs is 30. The molecule has 0 aliphatic carbocycles. The van der Waals surface area contributed by atoms with E-state index in [0.29, 0.717) is 10.8 Å². The fourth-order valence-electron chi connectivity index (χ4n) is 18.1. The fraction of sp³-hybridized carbons (Fsp3) is 0.00870. The van der Waals surface area contributed by atoms with Gasteiger partial charge in [0.05, 0.1) is 0 Å². The Morgan fingerprint density at radius 3 is 0.604 bits per heavy atom. The summed E-state index contributed by atoms with van der Waals surface area (Å²) in [7, 11) is 0. The Labute approximate surface area is 874 Å². The molecule has 648 valence electrons. The summed E-state index contributed by atoms with van der Waals surface area (Å²) in [5.74, 6) is 0. The highest BCUT2D eigenvalue weighted by molar-refractivity contribution is 9.14. The SMILES string of the molecule is Cc1cc2c(=O)c3cc(Br)ccc3c3ccccc3c2cc1Br.O=c1c2cc(Br)c(Br)cc2c2ccccc2c2cc(Br)c(Br)cc12.O=c1c2cc(Br)ccc2c2ccccc2c2cc(Br)ccc12.O=c1c2ccc(Br)cc2c2ccccc2c2cc(Br)ccc12.O=c1c2cccc(Br)c2c2ccccc2c2c(Br)cccc12.O=c1c2ccccc2c2ccccc2c2c(Br)cccc12. The van der Waals surface area contributed by atoms with E-state index in [4.69, 9.17) is 0 Å². The van der Waals surface area contributed by atoms with Crippen molar-refractivity contribution in [1.82, 2.24) is 0 Å². The lowest BCUT2D eigenvalue weighted by molar-refractivity contribution is 1.46. The van der Waals surface area contributed by atoms with Gasteiger partial charge in [-0.15, -0.1) is 0 Å². The number of hydrogen-bond donors (Lipinski definition) is 0. The number of hydrogen-bond acceptors (Lipinski definition) is 6. The van der Waals surface area contributed by atoms with E-state index in [1.54, 1.807) is 0 Å². The zero-order valence-electron chi connectivity index (χ0n) is 69.8. The molecule has 0 radical (unpaired) electrons. The van der Waals surface area contributed by atoms with Crippen LogP contribution in [0.5, 0.6) is 0 Å². The molecule has 134 heavy (non-hydrogen) atoms. The molecule has 0 saturated heterocycles. The molecule has 0 unspecified atom stereocenters. The van der Waals surface area contributed by atoms with E-state index in [2.05, 4.69) is 286 Å². The van der Waals surface area contributed by atoms with Gasteiger partial charge in [0.2, 0.25) is 0 Å². The summed E-state index contributed by atoms with van der Waals surface area (Å²) in [6, 6.07) is 115. The Hall–Kier alpha value is -9.78. The number of halogens is 13. The summed E-state index contributed by atoms with van der Waals surface area (Å²) in [4.78, 5) is 78.4. The second-order valence-electron chi connectivity index (χ2n) is 32.0. The molecule has 0 aromatic heterocycles. The van der Waals surface area contributed by atoms with Crippen molar-refractivity contribution in [2.45, 2.75) is 6.92 Å². The van der Waals surface area contributed by atoms with Crippen LogP contribution in [-0.4, -0.2) is 0 Å². The van der Waals surface area contributed by atoms with Crippen LogP contribution in [0.15, 0.2) is 439 Å². The van der Waals surface area contributed by atoms with Gasteiger partial charge in [-0.05, 0) is 323 Å². The summed E-state index contributed by atoms with van der Waals surface area (Å²) in [6.45, 7) is 2.01. The molecule has 0 spiro atoms. The van der Waals surface area contributed by atoms with Crippen molar-refractivity contribution in [2.24, 2.45) is 0 Å². The lowest BCUT2D eigenvalue weighted by atomic mass is 10.0. The molecule has 0 aliphatic rings. The van der Waals surface area contributed by atoms with Crippen LogP contribution in [0.4, 0.5) is 0 Å². The highest BCUT2D eigenvalue weighted by atomic mass is 79.9. The van der Waals surface area contributed by atoms with Crippen molar-refractivity contribution in [1.29, 1.82) is 0 Å². The Bertz CT molecular complexity index is 9370. The number of benzene rings is 18. The molecule has 0 bridgehead atoms. The van der Waals surface area contributed by atoms with Crippen LogP contribution in [-0.2, 0) is 0 Å². The summed E-state index contributed by atoms with van der Waals surface area (Å²) < 4.78 is 12.2. The lowest BCUT2D eigenvalue weighted by Crippen LogP contribution is -1.99. The largest absolute Gasteiger partial charge is 0.289 e. The molecule has 19 heteroatoms. The van der Waals surface area contributed by atoms with Gasteiger partial charge >= 0.3 is 0 Å². The average Bonchev–Trinajstić information content (AvgIpc) is 1.62. The zero-order valence-corrected chi connectivity index (χ0v) is 90.5. The van der Waals surface area contributed by atoms with Crippen molar-refractivity contribution in [2.75, 3.05) is 0 Å². The van der Waals surface area contributed by atoms with Gasteiger partial charge in [-0.3, -0.25) is 28.8 Å². The van der Waals surface area contributed by atoms with E-state index in [-0.39, 0.29) is 32.6 Å². The predicted molar refractivity (Wildman–Crippen MR) is 616 cm³/mol. The molecule has 0 amide bonds. The maximum absolute atomic E-state index is 13.3. The quantitative estimate of drug-likeness (QED) is 0.150. The fourth-order valence-corrected chi connectivity index (χ4v) is 23.4. The van der Waals surface area contributed by atoms with Crippen LogP contribution >= 0.6 is 207 Å². The minimum absolute atomic E-state index is 0.0256. The number of aryl methyl sites for hydroxylation is 1. The van der Waals surface area contributed by atoms with E-state index in [1.807, 2.05) is 280 Å². The van der Waals surface area contributed by atoms with Crippen LogP contribution < -0.4 is 32.6 Å². The van der Waals surface area contributed by atoms with Crippen molar-refractivity contribution < 1.29 is 0 Å². The Morgan fingerprint density at radius 1 is 0.127 bits per heavy atom. The van der Waals surface area contributed by atoms with Crippen LogP contribution in [0.2, 0.25) is 0 Å². The first kappa shape index (κ1) is 93.2. The van der Waals surface area contributed by atoms with Gasteiger partial charge in [0.25, 0.3) is 0 Å². The highest BCUT2D eigenvalue weighted by Gasteiger charge is 2.20. The van der Waals surface area contributed by atoms with Gasteiger partial charge < -0.3 is 0 Å². The summed E-state index contributed by atoms with van der Waals surface area (Å²) in [5.41, 5.74) is 1.44. The molecule has 0 fully saturated rings. The van der Waals surface area contributed by atoms with Gasteiger partial charge in [-0.25, -0.2) is 0 Å². The smallest absolute Gasteiger partial charge is 0.194 e. The van der Waals surface area contributed by atoms with E-state index >= 15 is 0 Å². The first-order chi connectivity index (χ1) is 64.8. The first-order valence-corrected chi connectivity index (χ1v) is 52.2. The molecule has 0 aliphatic heterocycles. The Morgan fingerprint density at radius 2 is 0.291 bits per heavy atom. The molecule has 0 atom stereocenters. The lowest BCUT2D eigenvalue weighted by Gasteiger charge is -2.02. The standard InChI is InChI=1S/C20H12Br2O.C19H8Br4O.3C19H10Br2O.C19H11BrO/c1-11-8-17-16(10-19(11)22)14-5-3-2-4-13(14)15-7-6-12(21)9-18(15)20(17)23;20-15-5-11-9-3-1-2-4-10(9)12-6-16(21)18(23)8-14(12)19(24)13(11)7-17(15)22;20-15-9-3-7-13-17(15)11-5-1-2-6-12(11)18-14(19(13)22)8-4-10-16(18)21;20-11-6-8-16-17(9-11)14-4-2-1-3-13(14)15-7-5-12(21)10-18(15)19(16)22;20-11-5-7-15-17(9-11)13-3-1-2-4-14(13)18-10-12(21)6-8-16(18)19(15)22;20-17-11-5-10-16-18(17)14-8-3-1-6-12(14)13-7-2-4-9-15(13)19(16)21/h2-10H,1H3;1-8H;3*1-10H;1-11H. The van der Waals surface area contributed by atoms with Gasteiger partial charge in [0.1, 0.15) is 0 Å². The third kappa shape index (κ3) is 17.7. The van der Waals surface area contributed by atoms with Gasteiger partial charge in [0.15, 0.2) is 32.6 Å². The van der Waals surface area contributed by atoms with E-state index in [9.17, 15) is 28.8 Å². The Kier molecular flexibility index (Phi) is 27.4. The normalized spacial score (nSPS) is 11.4. The van der Waals surface area contributed by atoms with Crippen LogP contribution in [0, 0.1) is 6.92 Å². The highest BCUT2D eigenvalue weighted by Crippen LogP contribution is 2.42. The first-order valence-electron chi connectivity index (χ1n) is 41.9. The van der Waals surface area contributed by atoms with E-state index in [0.717, 1.165) is 247 Å². The van der Waals surface area contributed by atoms with Crippen molar-refractivity contribution in [3.63, 3.8) is 0 Å². The minimum Gasteiger partial charge on any atom is -0.289 e. The third-order valence-corrected chi connectivity index (χ3v) is 33.2. The average molecular weight is 2580 g/mol. The van der Waals surface area contributed by atoms with E-state index in [1.165, 1.54) is 0 Å². The molecule has 24 aromatic carbocycles. The summed E-state index contributed by atoms with van der Waals surface area (Å²) in [5, 5.41) is 33.5. The molecular weight excluding hydrogens is 2520 g/mol. The monoisotopic (exact) mass is 2560 g/mol. The number of rotatable bonds is 0.